The summed E-state index contributed by atoms with van der Waals surface area (Å²) in [5.41, 5.74) is 1.28. The summed E-state index contributed by atoms with van der Waals surface area (Å²) in [6.45, 7) is 4.06. The van der Waals surface area contributed by atoms with E-state index in [2.05, 4.69) is 17.6 Å². The minimum Gasteiger partial charge on any atom is -0.497 e. The maximum absolute atomic E-state index is 12.2. The van der Waals surface area contributed by atoms with Crippen LogP contribution in [0, 0.1) is 0 Å². The maximum atomic E-state index is 12.2. The predicted molar refractivity (Wildman–Crippen MR) is 104 cm³/mol. The van der Waals surface area contributed by atoms with E-state index in [0.29, 0.717) is 5.56 Å². The molecular formula is C19H22N2O3S. The van der Waals surface area contributed by atoms with Crippen LogP contribution in [0.1, 0.15) is 30.6 Å². The van der Waals surface area contributed by atoms with Gasteiger partial charge < -0.3 is 14.8 Å². The SMILES string of the molecule is CCC(C)Oc1ccc(C(=O)NC(=S)Nc2ccc(OC)cc2)cc1. The molecule has 1 unspecified atom stereocenters. The molecule has 0 bridgehead atoms. The van der Waals surface area contributed by atoms with E-state index < -0.39 is 0 Å². The van der Waals surface area contributed by atoms with Crippen molar-refractivity contribution < 1.29 is 14.3 Å². The van der Waals surface area contributed by atoms with Crippen LogP contribution in [-0.2, 0) is 0 Å². The highest BCUT2D eigenvalue weighted by molar-refractivity contribution is 7.80. The van der Waals surface area contributed by atoms with E-state index in [0.717, 1.165) is 23.6 Å². The quantitative estimate of drug-likeness (QED) is 0.765. The van der Waals surface area contributed by atoms with Crippen LogP contribution in [0.15, 0.2) is 48.5 Å². The van der Waals surface area contributed by atoms with E-state index >= 15 is 0 Å². The summed E-state index contributed by atoms with van der Waals surface area (Å²) in [6, 6.07) is 14.2. The highest BCUT2D eigenvalue weighted by Crippen LogP contribution is 2.16. The van der Waals surface area contributed by atoms with Crippen LogP contribution in [0.4, 0.5) is 5.69 Å². The fourth-order valence-electron chi connectivity index (χ4n) is 2.01. The molecule has 2 rings (SSSR count). The molecule has 0 spiro atoms. The Balaban J connectivity index is 1.90. The molecule has 2 aromatic carbocycles. The average molecular weight is 358 g/mol. The van der Waals surface area contributed by atoms with Crippen molar-refractivity contribution in [1.29, 1.82) is 0 Å². The second-order valence-electron chi connectivity index (χ2n) is 5.50. The van der Waals surface area contributed by atoms with Crippen LogP contribution in [0.2, 0.25) is 0 Å². The normalized spacial score (nSPS) is 11.3. The molecule has 2 aromatic rings. The summed E-state index contributed by atoms with van der Waals surface area (Å²) in [6.07, 6.45) is 1.06. The Bertz CT molecular complexity index is 714. The zero-order valence-electron chi connectivity index (χ0n) is 14.5. The fraction of sp³-hybridized carbons (Fsp3) is 0.263. The molecule has 5 nitrogen and oxygen atoms in total. The summed E-state index contributed by atoms with van der Waals surface area (Å²) in [7, 11) is 1.60. The number of rotatable bonds is 6. The molecule has 0 aliphatic heterocycles. The van der Waals surface area contributed by atoms with Gasteiger partial charge in [-0.15, -0.1) is 0 Å². The number of nitrogens with one attached hydrogen (secondary N) is 2. The number of hydrogen-bond donors (Lipinski definition) is 2. The number of carbonyl (C=O) groups excluding carboxylic acids is 1. The summed E-state index contributed by atoms with van der Waals surface area (Å²) < 4.78 is 10.8. The molecule has 0 aromatic heterocycles. The molecule has 1 atom stereocenters. The molecule has 0 aliphatic carbocycles. The molecule has 0 fully saturated rings. The van der Waals surface area contributed by atoms with Crippen molar-refractivity contribution in [3.05, 3.63) is 54.1 Å². The van der Waals surface area contributed by atoms with Crippen molar-refractivity contribution >= 4 is 28.9 Å². The molecule has 0 radical (unpaired) electrons. The van der Waals surface area contributed by atoms with Crippen molar-refractivity contribution in [1.82, 2.24) is 5.32 Å². The van der Waals surface area contributed by atoms with Gasteiger partial charge in [-0.25, -0.2) is 0 Å². The van der Waals surface area contributed by atoms with Crippen LogP contribution in [0.3, 0.4) is 0 Å². The van der Waals surface area contributed by atoms with Crippen LogP contribution in [-0.4, -0.2) is 24.2 Å². The molecule has 1 amide bonds. The van der Waals surface area contributed by atoms with Crippen LogP contribution in [0.5, 0.6) is 11.5 Å². The van der Waals surface area contributed by atoms with Gasteiger partial charge in [-0.3, -0.25) is 10.1 Å². The van der Waals surface area contributed by atoms with E-state index in [1.807, 2.05) is 31.2 Å². The standard InChI is InChI=1S/C19H22N2O3S/c1-4-13(2)24-17-9-5-14(6-10-17)18(22)21-19(25)20-15-7-11-16(23-3)12-8-15/h5-13H,4H2,1-3H3,(H2,20,21,22,25). The van der Waals surface area contributed by atoms with E-state index in [9.17, 15) is 4.79 Å². The van der Waals surface area contributed by atoms with Gasteiger partial charge in [-0.05, 0) is 74.1 Å². The fourth-order valence-corrected chi connectivity index (χ4v) is 2.22. The number of methoxy groups -OCH3 is 1. The van der Waals surface area contributed by atoms with Crippen molar-refractivity contribution in [2.75, 3.05) is 12.4 Å². The Kier molecular flexibility index (Phi) is 6.77. The van der Waals surface area contributed by atoms with E-state index in [4.69, 9.17) is 21.7 Å². The number of amides is 1. The summed E-state index contributed by atoms with van der Waals surface area (Å²) in [4.78, 5) is 12.2. The maximum Gasteiger partial charge on any atom is 0.257 e. The largest absolute Gasteiger partial charge is 0.497 e. The third-order valence-electron chi connectivity index (χ3n) is 3.60. The minimum atomic E-state index is -0.277. The zero-order valence-corrected chi connectivity index (χ0v) is 15.4. The Morgan fingerprint density at radius 3 is 2.24 bits per heavy atom. The molecule has 132 valence electrons. The van der Waals surface area contributed by atoms with E-state index in [1.54, 1.807) is 31.4 Å². The molecule has 0 aliphatic rings. The number of carbonyl (C=O) groups is 1. The highest BCUT2D eigenvalue weighted by atomic mass is 32.1. The third kappa shape index (κ3) is 5.76. The van der Waals surface area contributed by atoms with Gasteiger partial charge in [-0.1, -0.05) is 6.92 Å². The average Bonchev–Trinajstić information content (AvgIpc) is 2.62. The summed E-state index contributed by atoms with van der Waals surface area (Å²) in [5, 5.41) is 5.84. The second-order valence-corrected chi connectivity index (χ2v) is 5.91. The summed E-state index contributed by atoms with van der Waals surface area (Å²) >= 11 is 5.17. The topological polar surface area (TPSA) is 59.6 Å². The first-order chi connectivity index (χ1) is 12.0. The molecular weight excluding hydrogens is 336 g/mol. The van der Waals surface area contributed by atoms with Gasteiger partial charge in [0.25, 0.3) is 5.91 Å². The molecule has 6 heteroatoms. The molecule has 25 heavy (non-hydrogen) atoms. The smallest absolute Gasteiger partial charge is 0.257 e. The zero-order chi connectivity index (χ0) is 18.2. The lowest BCUT2D eigenvalue weighted by Gasteiger charge is -2.13. The number of thiocarbonyl (C=S) groups is 1. The van der Waals surface area contributed by atoms with Crippen LogP contribution >= 0.6 is 12.2 Å². The number of ether oxygens (including phenoxy) is 2. The summed E-state index contributed by atoms with van der Waals surface area (Å²) in [5.74, 6) is 1.21. The molecule has 0 saturated carbocycles. The Morgan fingerprint density at radius 2 is 1.68 bits per heavy atom. The second kappa shape index (κ2) is 9.03. The Hall–Kier alpha value is -2.60. The van der Waals surface area contributed by atoms with E-state index in [1.165, 1.54) is 0 Å². The molecule has 0 heterocycles. The first kappa shape index (κ1) is 18.7. The third-order valence-corrected chi connectivity index (χ3v) is 3.81. The first-order valence-corrected chi connectivity index (χ1v) is 8.45. The number of hydrogen-bond acceptors (Lipinski definition) is 4. The minimum absolute atomic E-state index is 0.140. The van der Waals surface area contributed by atoms with Gasteiger partial charge in [0.05, 0.1) is 13.2 Å². The lowest BCUT2D eigenvalue weighted by molar-refractivity contribution is 0.0977. The Morgan fingerprint density at radius 1 is 1.08 bits per heavy atom. The lowest BCUT2D eigenvalue weighted by Crippen LogP contribution is -2.34. The first-order valence-electron chi connectivity index (χ1n) is 8.05. The highest BCUT2D eigenvalue weighted by Gasteiger charge is 2.09. The van der Waals surface area contributed by atoms with Gasteiger partial charge in [0, 0.05) is 11.3 Å². The van der Waals surface area contributed by atoms with Gasteiger partial charge in [-0.2, -0.15) is 0 Å². The number of anilines is 1. The number of benzene rings is 2. The van der Waals surface area contributed by atoms with Crippen LogP contribution < -0.4 is 20.1 Å². The van der Waals surface area contributed by atoms with Crippen molar-refractivity contribution in [2.24, 2.45) is 0 Å². The van der Waals surface area contributed by atoms with Gasteiger partial charge >= 0.3 is 0 Å². The van der Waals surface area contributed by atoms with Crippen molar-refractivity contribution in [3.63, 3.8) is 0 Å². The van der Waals surface area contributed by atoms with Gasteiger partial charge in [0.2, 0.25) is 0 Å². The monoisotopic (exact) mass is 358 g/mol. The van der Waals surface area contributed by atoms with Crippen molar-refractivity contribution in [3.8, 4) is 11.5 Å². The molecule has 2 N–H and O–H groups in total. The van der Waals surface area contributed by atoms with Gasteiger partial charge in [0.15, 0.2) is 5.11 Å². The van der Waals surface area contributed by atoms with E-state index in [-0.39, 0.29) is 17.1 Å². The van der Waals surface area contributed by atoms with Crippen LogP contribution in [0.25, 0.3) is 0 Å². The Labute approximate surface area is 153 Å². The predicted octanol–water partition coefficient (Wildman–Crippen LogP) is 4.00. The lowest BCUT2D eigenvalue weighted by atomic mass is 10.2. The van der Waals surface area contributed by atoms with Gasteiger partial charge in [0.1, 0.15) is 11.5 Å². The molecule has 0 saturated heterocycles. The van der Waals surface area contributed by atoms with Crippen molar-refractivity contribution in [2.45, 2.75) is 26.4 Å².